The Bertz CT molecular complexity index is 916. The number of benzene rings is 2. The quantitative estimate of drug-likeness (QED) is 0.676. The fourth-order valence-corrected chi connectivity index (χ4v) is 3.81. The fourth-order valence-electron chi connectivity index (χ4n) is 2.29. The molecule has 2 aromatic carbocycles. The summed E-state index contributed by atoms with van der Waals surface area (Å²) in [4.78, 5) is 26.2. The summed E-state index contributed by atoms with van der Waals surface area (Å²) in [6.07, 6.45) is 1.56. The number of halogens is 2. The Labute approximate surface area is 161 Å². The number of ether oxygens (including phenoxy) is 1. The summed E-state index contributed by atoms with van der Waals surface area (Å²) >= 11 is 10.1. The molecule has 1 heterocycles. The highest BCUT2D eigenvalue weighted by atomic mass is 79.9. The maximum atomic E-state index is 12.6. The molecule has 0 spiro atoms. The van der Waals surface area contributed by atoms with Gasteiger partial charge in [-0.2, -0.15) is 0 Å². The van der Waals surface area contributed by atoms with Gasteiger partial charge in [0.05, 0.1) is 27.2 Å². The molecule has 1 saturated heterocycles. The molecule has 1 N–H and O–H groups in total. The van der Waals surface area contributed by atoms with Gasteiger partial charge in [0.15, 0.2) is 11.5 Å². The summed E-state index contributed by atoms with van der Waals surface area (Å²) in [5, 5.41) is 9.75. The molecule has 8 heteroatoms. The molecule has 2 aromatic rings. The minimum Gasteiger partial charge on any atom is -0.503 e. The van der Waals surface area contributed by atoms with Gasteiger partial charge in [0.25, 0.3) is 11.1 Å². The lowest BCUT2D eigenvalue weighted by Gasteiger charge is -2.13. The second-order valence-corrected chi connectivity index (χ2v) is 7.28. The monoisotopic (exact) mass is 439 g/mol. The number of aromatic hydroxyl groups is 1. The van der Waals surface area contributed by atoms with Crippen molar-refractivity contribution < 1.29 is 19.4 Å². The molecular weight excluding hydrogens is 430 g/mol. The molecule has 1 fully saturated rings. The van der Waals surface area contributed by atoms with Gasteiger partial charge in [-0.3, -0.25) is 9.59 Å². The Hall–Kier alpha value is -1.96. The third-order valence-electron chi connectivity index (χ3n) is 3.46. The third kappa shape index (κ3) is 3.40. The number of rotatable bonds is 3. The number of imide groups is 1. The molecular formula is C17H11BrClNO4S. The van der Waals surface area contributed by atoms with Crippen LogP contribution in [0.25, 0.3) is 6.08 Å². The molecule has 0 aromatic heterocycles. The zero-order valence-corrected chi connectivity index (χ0v) is 16.0. The lowest BCUT2D eigenvalue weighted by atomic mass is 10.2. The molecule has 128 valence electrons. The second kappa shape index (κ2) is 7.11. The van der Waals surface area contributed by atoms with Gasteiger partial charge in [0.2, 0.25) is 0 Å². The summed E-state index contributed by atoms with van der Waals surface area (Å²) in [5.74, 6) is -0.235. The lowest BCUT2D eigenvalue weighted by Crippen LogP contribution is -2.27. The second-order valence-electron chi connectivity index (χ2n) is 5.02. The normalized spacial score (nSPS) is 16.0. The van der Waals surface area contributed by atoms with E-state index in [1.807, 2.05) is 0 Å². The van der Waals surface area contributed by atoms with Gasteiger partial charge < -0.3 is 9.84 Å². The highest BCUT2D eigenvalue weighted by Gasteiger charge is 2.37. The molecule has 0 bridgehead atoms. The van der Waals surface area contributed by atoms with E-state index in [2.05, 4.69) is 15.9 Å². The number of phenols is 1. The SMILES string of the molecule is COc1cc(/C=C2\SC(=O)N(c3ccccc3Cl)C2=O)cc(Br)c1O. The van der Waals surface area contributed by atoms with Crippen LogP contribution >= 0.6 is 39.3 Å². The standard InChI is InChI=1S/C17H11BrClNO4S/c1-24-13-7-9(6-10(18)15(13)21)8-14-16(22)20(17(23)25-14)12-5-3-2-4-11(12)19/h2-8,21H,1H3/b14-8-. The zero-order chi connectivity index (χ0) is 18.1. The summed E-state index contributed by atoms with van der Waals surface area (Å²) in [6, 6.07) is 9.86. The van der Waals surface area contributed by atoms with E-state index in [-0.39, 0.29) is 16.4 Å². The first-order valence-corrected chi connectivity index (χ1v) is 9.00. The number of nitrogens with zero attached hydrogens (tertiary/aromatic N) is 1. The van der Waals surface area contributed by atoms with Gasteiger partial charge in [0.1, 0.15) is 0 Å². The highest BCUT2D eigenvalue weighted by molar-refractivity contribution is 9.10. The van der Waals surface area contributed by atoms with Crippen LogP contribution in [-0.4, -0.2) is 23.4 Å². The van der Waals surface area contributed by atoms with E-state index >= 15 is 0 Å². The number of hydrogen-bond donors (Lipinski definition) is 1. The van der Waals surface area contributed by atoms with Gasteiger partial charge in [0, 0.05) is 0 Å². The number of anilines is 1. The van der Waals surface area contributed by atoms with Crippen molar-refractivity contribution in [2.45, 2.75) is 0 Å². The van der Waals surface area contributed by atoms with E-state index in [4.69, 9.17) is 16.3 Å². The van der Waals surface area contributed by atoms with Crippen LogP contribution in [0.5, 0.6) is 11.5 Å². The molecule has 2 amide bonds. The van der Waals surface area contributed by atoms with E-state index in [9.17, 15) is 14.7 Å². The lowest BCUT2D eigenvalue weighted by molar-refractivity contribution is -0.113. The molecule has 25 heavy (non-hydrogen) atoms. The largest absolute Gasteiger partial charge is 0.503 e. The molecule has 0 aliphatic carbocycles. The fraction of sp³-hybridized carbons (Fsp3) is 0.0588. The Balaban J connectivity index is 1.99. The Kier molecular flexibility index (Phi) is 5.08. The first-order chi connectivity index (χ1) is 11.9. The molecule has 1 aliphatic rings. The van der Waals surface area contributed by atoms with E-state index in [0.29, 0.717) is 20.7 Å². The number of para-hydroxylation sites is 1. The van der Waals surface area contributed by atoms with Gasteiger partial charge in [-0.15, -0.1) is 0 Å². The third-order valence-corrected chi connectivity index (χ3v) is 5.25. The first-order valence-electron chi connectivity index (χ1n) is 7.01. The number of hydrogen-bond acceptors (Lipinski definition) is 5. The molecule has 0 saturated carbocycles. The number of phenolic OH excluding ortho intramolecular Hbond substituents is 1. The highest BCUT2D eigenvalue weighted by Crippen LogP contribution is 2.40. The topological polar surface area (TPSA) is 66.8 Å². The van der Waals surface area contributed by atoms with Gasteiger partial charge >= 0.3 is 0 Å². The van der Waals surface area contributed by atoms with E-state index in [0.717, 1.165) is 16.7 Å². The molecule has 3 rings (SSSR count). The van der Waals surface area contributed by atoms with Crippen LogP contribution in [-0.2, 0) is 4.79 Å². The average molecular weight is 441 g/mol. The Morgan fingerprint density at radius 3 is 2.68 bits per heavy atom. The van der Waals surface area contributed by atoms with E-state index < -0.39 is 11.1 Å². The van der Waals surface area contributed by atoms with Crippen LogP contribution < -0.4 is 9.64 Å². The van der Waals surface area contributed by atoms with Crippen molar-refractivity contribution >= 4 is 62.2 Å². The minimum atomic E-state index is -0.453. The molecule has 5 nitrogen and oxygen atoms in total. The predicted octanol–water partition coefficient (Wildman–Crippen LogP) is 5.06. The molecule has 0 unspecified atom stereocenters. The number of amides is 2. The minimum absolute atomic E-state index is 0.0381. The van der Waals surface area contributed by atoms with Crippen molar-refractivity contribution in [3.63, 3.8) is 0 Å². The van der Waals surface area contributed by atoms with Gasteiger partial charge in [-0.05, 0) is 63.6 Å². The van der Waals surface area contributed by atoms with Gasteiger partial charge in [-0.25, -0.2) is 4.90 Å². The molecule has 1 aliphatic heterocycles. The average Bonchev–Trinajstić information content (AvgIpc) is 2.85. The maximum absolute atomic E-state index is 12.6. The Morgan fingerprint density at radius 2 is 2.00 bits per heavy atom. The van der Waals surface area contributed by atoms with Crippen molar-refractivity contribution in [2.24, 2.45) is 0 Å². The van der Waals surface area contributed by atoms with Gasteiger partial charge in [-0.1, -0.05) is 23.7 Å². The van der Waals surface area contributed by atoms with Crippen molar-refractivity contribution in [1.29, 1.82) is 0 Å². The summed E-state index contributed by atoms with van der Waals surface area (Å²) < 4.78 is 5.51. The Morgan fingerprint density at radius 1 is 1.28 bits per heavy atom. The molecule has 0 radical (unpaired) electrons. The number of methoxy groups -OCH3 is 1. The summed E-state index contributed by atoms with van der Waals surface area (Å²) in [6.45, 7) is 0. The van der Waals surface area contributed by atoms with Crippen LogP contribution in [0.1, 0.15) is 5.56 Å². The van der Waals surface area contributed by atoms with Crippen LogP contribution in [0.3, 0.4) is 0 Å². The van der Waals surface area contributed by atoms with E-state index in [1.165, 1.54) is 7.11 Å². The number of thioether (sulfide) groups is 1. The van der Waals surface area contributed by atoms with Crippen molar-refractivity contribution in [2.75, 3.05) is 12.0 Å². The smallest absolute Gasteiger partial charge is 0.298 e. The summed E-state index contributed by atoms with van der Waals surface area (Å²) in [7, 11) is 1.43. The van der Waals surface area contributed by atoms with Crippen LogP contribution in [0.15, 0.2) is 45.8 Å². The van der Waals surface area contributed by atoms with Crippen molar-refractivity contribution in [3.8, 4) is 11.5 Å². The van der Waals surface area contributed by atoms with Crippen molar-refractivity contribution in [3.05, 3.63) is 56.4 Å². The van der Waals surface area contributed by atoms with Crippen LogP contribution in [0.4, 0.5) is 10.5 Å². The predicted molar refractivity (Wildman–Crippen MR) is 102 cm³/mol. The first kappa shape index (κ1) is 17.8. The molecule has 0 atom stereocenters. The zero-order valence-electron chi connectivity index (χ0n) is 12.8. The summed E-state index contributed by atoms with van der Waals surface area (Å²) in [5.41, 5.74) is 0.950. The number of carbonyl (C=O) groups excluding carboxylic acids is 2. The van der Waals surface area contributed by atoms with Crippen LogP contribution in [0, 0.1) is 0 Å². The number of carbonyl (C=O) groups is 2. The maximum Gasteiger partial charge on any atom is 0.298 e. The van der Waals surface area contributed by atoms with Crippen molar-refractivity contribution in [1.82, 2.24) is 0 Å². The van der Waals surface area contributed by atoms with Crippen LogP contribution in [0.2, 0.25) is 5.02 Å². The van der Waals surface area contributed by atoms with E-state index in [1.54, 1.807) is 42.5 Å².